The fraction of sp³-hybridized carbons (Fsp3) is 0.292. The van der Waals surface area contributed by atoms with Crippen LogP contribution in [-0.2, 0) is 6.54 Å². The molecule has 30 heavy (non-hydrogen) atoms. The van der Waals surface area contributed by atoms with Gasteiger partial charge in [-0.25, -0.2) is 9.98 Å². The minimum absolute atomic E-state index is 0.0365. The largest absolute Gasteiger partial charge is 0.314 e. The zero-order valence-corrected chi connectivity index (χ0v) is 16.9. The van der Waals surface area contributed by atoms with Crippen molar-refractivity contribution in [2.75, 3.05) is 11.9 Å². The van der Waals surface area contributed by atoms with Gasteiger partial charge in [0, 0.05) is 19.2 Å². The highest BCUT2D eigenvalue weighted by molar-refractivity contribution is 6.18. The van der Waals surface area contributed by atoms with Crippen LogP contribution in [0.4, 0.5) is 5.82 Å². The summed E-state index contributed by atoms with van der Waals surface area (Å²) in [5.41, 5.74) is 2.82. The lowest BCUT2D eigenvalue weighted by Gasteiger charge is -2.34. The maximum atomic E-state index is 13.5. The quantitative estimate of drug-likeness (QED) is 0.676. The van der Waals surface area contributed by atoms with Gasteiger partial charge in [-0.3, -0.25) is 14.6 Å². The van der Waals surface area contributed by atoms with E-state index in [1.165, 1.54) is 6.42 Å². The summed E-state index contributed by atoms with van der Waals surface area (Å²) in [7, 11) is 1.83. The Morgan fingerprint density at radius 2 is 1.73 bits per heavy atom. The molecule has 1 aliphatic carbocycles. The molecular formula is C24H23N5O. The molecule has 0 radical (unpaired) electrons. The Labute approximate surface area is 175 Å². The van der Waals surface area contributed by atoms with Gasteiger partial charge in [0.25, 0.3) is 5.91 Å². The molecule has 1 saturated carbocycles. The Bertz CT molecular complexity index is 1150. The van der Waals surface area contributed by atoms with E-state index in [0.717, 1.165) is 41.6 Å². The van der Waals surface area contributed by atoms with E-state index >= 15 is 0 Å². The highest BCUT2D eigenvalue weighted by atomic mass is 16.2. The van der Waals surface area contributed by atoms with Gasteiger partial charge in [0.1, 0.15) is 5.82 Å². The van der Waals surface area contributed by atoms with Crippen LogP contribution in [0.25, 0.3) is 11.4 Å². The van der Waals surface area contributed by atoms with Crippen LogP contribution >= 0.6 is 0 Å². The smallest absolute Gasteiger partial charge is 0.280 e. The number of hydrogen-bond acceptors (Lipinski definition) is 4. The Morgan fingerprint density at radius 1 is 1.00 bits per heavy atom. The first-order valence-electron chi connectivity index (χ1n) is 10.6. The van der Waals surface area contributed by atoms with Crippen molar-refractivity contribution in [1.82, 2.24) is 14.5 Å². The van der Waals surface area contributed by atoms with Gasteiger partial charge < -0.3 is 4.57 Å². The predicted octanol–water partition coefficient (Wildman–Crippen LogP) is 3.78. The molecule has 0 saturated heterocycles. The Hall–Kier alpha value is -3.41. The van der Waals surface area contributed by atoms with Crippen LogP contribution in [0.1, 0.15) is 35.3 Å². The molecular weight excluding hydrogens is 374 g/mol. The predicted molar refractivity (Wildman–Crippen MR) is 117 cm³/mol. The molecule has 0 spiro atoms. The van der Waals surface area contributed by atoms with Gasteiger partial charge in [-0.1, -0.05) is 60.7 Å². The van der Waals surface area contributed by atoms with Gasteiger partial charge in [0.15, 0.2) is 11.5 Å². The molecule has 2 unspecified atom stereocenters. The molecule has 3 aromatic rings. The minimum Gasteiger partial charge on any atom is -0.314 e. The summed E-state index contributed by atoms with van der Waals surface area (Å²) in [4.78, 5) is 27.4. The topological polar surface area (TPSA) is 53.7 Å². The summed E-state index contributed by atoms with van der Waals surface area (Å²) in [5.74, 6) is 2.31. The molecule has 6 heteroatoms. The van der Waals surface area contributed by atoms with Crippen molar-refractivity contribution in [1.29, 1.82) is 0 Å². The van der Waals surface area contributed by atoms with E-state index in [1.54, 1.807) is 4.90 Å². The maximum Gasteiger partial charge on any atom is 0.280 e. The van der Waals surface area contributed by atoms with Crippen molar-refractivity contribution in [3.05, 3.63) is 71.9 Å². The van der Waals surface area contributed by atoms with Crippen molar-refractivity contribution >= 4 is 17.7 Å². The number of anilines is 1. The van der Waals surface area contributed by atoms with Gasteiger partial charge in [0.2, 0.25) is 5.96 Å². The maximum absolute atomic E-state index is 13.5. The number of imidazole rings is 1. The number of carbonyl (C=O) groups is 1. The summed E-state index contributed by atoms with van der Waals surface area (Å²) >= 11 is 0. The second-order valence-corrected chi connectivity index (χ2v) is 8.27. The van der Waals surface area contributed by atoms with E-state index in [-0.39, 0.29) is 11.9 Å². The highest BCUT2D eigenvalue weighted by Crippen LogP contribution is 2.41. The molecule has 6 nitrogen and oxygen atoms in total. The fourth-order valence-corrected chi connectivity index (χ4v) is 5.03. The zero-order valence-electron chi connectivity index (χ0n) is 16.9. The van der Waals surface area contributed by atoms with E-state index in [0.29, 0.717) is 18.3 Å². The Balaban J connectivity index is 1.57. The number of hydrogen-bond donors (Lipinski definition) is 0. The van der Waals surface area contributed by atoms with Crippen LogP contribution in [0.3, 0.4) is 0 Å². The first kappa shape index (κ1) is 17.4. The molecule has 6 rings (SSSR count). The second-order valence-electron chi connectivity index (χ2n) is 8.27. The van der Waals surface area contributed by atoms with E-state index in [9.17, 15) is 4.79 Å². The van der Waals surface area contributed by atoms with Crippen LogP contribution in [0.15, 0.2) is 65.7 Å². The van der Waals surface area contributed by atoms with E-state index < -0.39 is 0 Å². The van der Waals surface area contributed by atoms with E-state index in [2.05, 4.69) is 33.7 Å². The van der Waals surface area contributed by atoms with Gasteiger partial charge in [-0.15, -0.1) is 0 Å². The zero-order chi connectivity index (χ0) is 20.2. The van der Waals surface area contributed by atoms with Crippen molar-refractivity contribution < 1.29 is 4.79 Å². The lowest BCUT2D eigenvalue weighted by atomic mass is 10.1. The van der Waals surface area contributed by atoms with Crippen LogP contribution in [0.5, 0.6) is 0 Å². The molecule has 150 valence electrons. The van der Waals surface area contributed by atoms with Crippen LogP contribution in [0, 0.1) is 0 Å². The summed E-state index contributed by atoms with van der Waals surface area (Å²) in [6, 6.07) is 21.0. The van der Waals surface area contributed by atoms with E-state index in [1.807, 2.05) is 43.4 Å². The third-order valence-corrected chi connectivity index (χ3v) is 6.47. The average Bonchev–Trinajstić information content (AvgIpc) is 3.47. The molecule has 0 bridgehead atoms. The molecule has 3 aliphatic rings. The summed E-state index contributed by atoms with van der Waals surface area (Å²) < 4.78 is 2.08. The van der Waals surface area contributed by atoms with Crippen molar-refractivity contribution in [2.24, 2.45) is 4.99 Å². The minimum atomic E-state index is -0.0365. The highest BCUT2D eigenvalue weighted by Gasteiger charge is 2.49. The lowest BCUT2D eigenvalue weighted by Crippen LogP contribution is -2.51. The van der Waals surface area contributed by atoms with Gasteiger partial charge in [-0.2, -0.15) is 0 Å². The normalized spacial score (nSPS) is 22.0. The molecule has 1 amide bonds. The summed E-state index contributed by atoms with van der Waals surface area (Å²) in [5, 5.41) is 0. The summed E-state index contributed by atoms with van der Waals surface area (Å²) in [6.07, 6.45) is 3.34. The van der Waals surface area contributed by atoms with E-state index in [4.69, 9.17) is 9.98 Å². The third kappa shape index (κ3) is 2.46. The number of rotatable bonds is 3. The number of amides is 1. The van der Waals surface area contributed by atoms with Crippen LogP contribution in [0.2, 0.25) is 0 Å². The number of fused-ring (bicyclic) bond motifs is 5. The number of benzene rings is 2. The average molecular weight is 397 g/mol. The third-order valence-electron chi connectivity index (χ3n) is 6.47. The van der Waals surface area contributed by atoms with Gasteiger partial charge in [0.05, 0.1) is 12.1 Å². The Morgan fingerprint density at radius 3 is 2.50 bits per heavy atom. The molecule has 2 aromatic carbocycles. The molecule has 0 N–H and O–H groups in total. The van der Waals surface area contributed by atoms with Gasteiger partial charge >= 0.3 is 0 Å². The number of aromatic nitrogens is 2. The van der Waals surface area contributed by atoms with Crippen molar-refractivity contribution in [2.45, 2.75) is 37.9 Å². The second kappa shape index (κ2) is 6.55. The number of guanidine groups is 1. The monoisotopic (exact) mass is 397 g/mol. The summed E-state index contributed by atoms with van der Waals surface area (Å²) in [6.45, 7) is 0.599. The SMILES string of the molecule is CN1C(=O)c2c(nc(-c3ccccc3)n2Cc2ccccc2)N2C1=NC1CCCC12. The van der Waals surface area contributed by atoms with Crippen LogP contribution in [-0.4, -0.2) is 45.4 Å². The molecule has 1 fully saturated rings. The lowest BCUT2D eigenvalue weighted by molar-refractivity contribution is 0.0855. The Kier molecular flexibility index (Phi) is 3.81. The van der Waals surface area contributed by atoms with Crippen LogP contribution < -0.4 is 4.90 Å². The first-order valence-corrected chi connectivity index (χ1v) is 10.6. The van der Waals surface area contributed by atoms with Crippen molar-refractivity contribution in [3.63, 3.8) is 0 Å². The molecule has 3 heterocycles. The number of carbonyl (C=O) groups excluding carboxylic acids is 1. The van der Waals surface area contributed by atoms with Gasteiger partial charge in [-0.05, 0) is 24.8 Å². The molecule has 2 atom stereocenters. The van der Waals surface area contributed by atoms with Crippen molar-refractivity contribution in [3.8, 4) is 11.4 Å². The standard InChI is InChI=1S/C24H23N5O/c1-27-23(30)20-22(29-19-14-8-13-18(19)25-24(27)29)26-21(17-11-6-3-7-12-17)28(20)15-16-9-4-2-5-10-16/h2-7,9-12,18-19H,8,13-15H2,1H3. The molecule has 2 aliphatic heterocycles. The fourth-order valence-electron chi connectivity index (χ4n) is 5.03. The first-order chi connectivity index (χ1) is 14.7. The number of aliphatic imine (C=N–C) groups is 1. The molecule has 1 aromatic heterocycles. The number of nitrogens with zero attached hydrogens (tertiary/aromatic N) is 5.